The molecular formula is C16H24N4O3S. The predicted octanol–water partition coefficient (Wildman–Crippen LogP) is 0.542. The van der Waals surface area contributed by atoms with Crippen molar-refractivity contribution in [2.75, 3.05) is 38.1 Å². The molecule has 0 radical (unpaired) electrons. The second-order valence-electron chi connectivity index (χ2n) is 6.16. The minimum atomic E-state index is -0.488. The van der Waals surface area contributed by atoms with Gasteiger partial charge in [0.2, 0.25) is 5.91 Å². The molecule has 1 fully saturated rings. The van der Waals surface area contributed by atoms with Gasteiger partial charge in [-0.1, -0.05) is 6.92 Å². The average molecular weight is 352 g/mol. The summed E-state index contributed by atoms with van der Waals surface area (Å²) in [5.74, 6) is -0.587. The van der Waals surface area contributed by atoms with Crippen molar-refractivity contribution in [1.29, 1.82) is 0 Å². The Morgan fingerprint density at radius 2 is 2.33 bits per heavy atom. The van der Waals surface area contributed by atoms with Crippen LogP contribution in [0.5, 0.6) is 0 Å². The van der Waals surface area contributed by atoms with Crippen LogP contribution in [-0.2, 0) is 22.6 Å². The Morgan fingerprint density at radius 1 is 1.50 bits per heavy atom. The summed E-state index contributed by atoms with van der Waals surface area (Å²) in [5.41, 5.74) is 6.93. The van der Waals surface area contributed by atoms with Crippen LogP contribution in [0.2, 0.25) is 0 Å². The molecule has 24 heavy (non-hydrogen) atoms. The first-order chi connectivity index (χ1) is 11.6. The van der Waals surface area contributed by atoms with Gasteiger partial charge < -0.3 is 21.1 Å². The normalized spacial score (nSPS) is 21.3. The molecule has 1 atom stereocenters. The summed E-state index contributed by atoms with van der Waals surface area (Å²) < 4.78 is 5.43. The first-order valence-corrected chi connectivity index (χ1v) is 9.18. The topological polar surface area (TPSA) is 96.7 Å². The Morgan fingerprint density at radius 3 is 3.08 bits per heavy atom. The third-order valence-corrected chi connectivity index (χ3v) is 5.73. The van der Waals surface area contributed by atoms with Gasteiger partial charge in [-0.3, -0.25) is 14.5 Å². The quantitative estimate of drug-likeness (QED) is 0.719. The van der Waals surface area contributed by atoms with E-state index in [9.17, 15) is 9.59 Å². The van der Waals surface area contributed by atoms with E-state index >= 15 is 0 Å². The summed E-state index contributed by atoms with van der Waals surface area (Å²) in [4.78, 5) is 27.5. The lowest BCUT2D eigenvalue weighted by Crippen LogP contribution is -2.53. The van der Waals surface area contributed by atoms with Crippen molar-refractivity contribution >= 4 is 28.2 Å². The molecule has 0 saturated carbocycles. The van der Waals surface area contributed by atoms with Crippen LogP contribution >= 0.6 is 11.3 Å². The fraction of sp³-hybridized carbons (Fsp3) is 0.625. The number of nitrogens with one attached hydrogen (secondary N) is 2. The van der Waals surface area contributed by atoms with Crippen LogP contribution in [0.15, 0.2) is 0 Å². The smallest absolute Gasteiger partial charge is 0.251 e. The van der Waals surface area contributed by atoms with Gasteiger partial charge in [0.15, 0.2) is 0 Å². The minimum absolute atomic E-state index is 0.0997. The number of piperazine rings is 1. The molecule has 3 rings (SSSR count). The Kier molecular flexibility index (Phi) is 5.50. The molecule has 7 nitrogen and oxygen atoms in total. The Hall–Kier alpha value is -1.48. The number of hydrogen-bond donors (Lipinski definition) is 3. The lowest BCUT2D eigenvalue weighted by molar-refractivity contribution is -0.118. The molecule has 2 aliphatic heterocycles. The number of nitrogens with zero attached hydrogens (tertiary/aromatic N) is 1. The zero-order valence-corrected chi connectivity index (χ0v) is 14.7. The van der Waals surface area contributed by atoms with Crippen molar-refractivity contribution in [3.05, 3.63) is 16.0 Å². The second kappa shape index (κ2) is 7.60. The molecule has 0 spiro atoms. The fourth-order valence-electron chi connectivity index (χ4n) is 3.35. The zero-order valence-electron chi connectivity index (χ0n) is 13.9. The van der Waals surface area contributed by atoms with Crippen LogP contribution in [-0.4, -0.2) is 55.5 Å². The molecule has 0 aromatic carbocycles. The first kappa shape index (κ1) is 17.3. The number of primary amides is 1. The van der Waals surface area contributed by atoms with Gasteiger partial charge in [-0.15, -0.1) is 11.3 Å². The van der Waals surface area contributed by atoms with E-state index in [1.54, 1.807) is 0 Å². The van der Waals surface area contributed by atoms with E-state index in [4.69, 9.17) is 10.5 Å². The summed E-state index contributed by atoms with van der Waals surface area (Å²) in [6, 6.07) is 0.366. The largest absolute Gasteiger partial charge is 0.376 e. The van der Waals surface area contributed by atoms with Gasteiger partial charge >= 0.3 is 0 Å². The molecule has 3 heterocycles. The fourth-order valence-corrected chi connectivity index (χ4v) is 4.55. The van der Waals surface area contributed by atoms with E-state index in [1.807, 2.05) is 0 Å². The number of ether oxygens (including phenoxy) is 1. The molecule has 132 valence electrons. The Labute approximate surface area is 145 Å². The van der Waals surface area contributed by atoms with E-state index in [0.717, 1.165) is 36.5 Å². The molecule has 0 bridgehead atoms. The van der Waals surface area contributed by atoms with Crippen LogP contribution in [0.25, 0.3) is 0 Å². The van der Waals surface area contributed by atoms with Crippen LogP contribution < -0.4 is 16.4 Å². The summed E-state index contributed by atoms with van der Waals surface area (Å²) in [7, 11) is 0. The maximum Gasteiger partial charge on any atom is 0.251 e. The molecule has 1 aromatic heterocycles. The Balaban J connectivity index is 1.72. The average Bonchev–Trinajstić information content (AvgIpc) is 2.93. The number of anilines is 1. The van der Waals surface area contributed by atoms with Gasteiger partial charge in [0.05, 0.1) is 25.3 Å². The third-order valence-electron chi connectivity index (χ3n) is 4.61. The highest BCUT2D eigenvalue weighted by Crippen LogP contribution is 2.36. The number of fused-ring (bicyclic) bond motifs is 1. The number of thiophene rings is 1. The van der Waals surface area contributed by atoms with Crippen LogP contribution in [0, 0.1) is 0 Å². The molecule has 2 aliphatic rings. The van der Waals surface area contributed by atoms with Gasteiger partial charge in [0.1, 0.15) is 5.00 Å². The standard InChI is InChI=1S/C16H24N4O3S/c1-2-10-7-18-4-5-20(10)8-13(21)19-16-14(15(17)22)11-3-6-23-9-12(11)24-16/h10,18H,2-9H2,1H3,(H2,17,22)(H,19,21). The van der Waals surface area contributed by atoms with Gasteiger partial charge in [0, 0.05) is 30.6 Å². The van der Waals surface area contributed by atoms with Gasteiger partial charge in [-0.2, -0.15) is 0 Å². The SMILES string of the molecule is CCC1CNCCN1CC(=O)Nc1sc2c(c1C(N)=O)CCOC2. The van der Waals surface area contributed by atoms with Crippen LogP contribution in [0.1, 0.15) is 34.1 Å². The summed E-state index contributed by atoms with van der Waals surface area (Å²) in [6.45, 7) is 6.16. The highest BCUT2D eigenvalue weighted by atomic mass is 32.1. The third kappa shape index (κ3) is 3.61. The number of hydrogen-bond acceptors (Lipinski definition) is 6. The predicted molar refractivity (Wildman–Crippen MR) is 93.3 cm³/mol. The molecule has 0 aliphatic carbocycles. The van der Waals surface area contributed by atoms with Crippen molar-refractivity contribution in [1.82, 2.24) is 10.2 Å². The number of carbonyl (C=O) groups excluding carboxylic acids is 2. The molecule has 4 N–H and O–H groups in total. The molecule has 1 saturated heterocycles. The number of carbonyl (C=O) groups is 2. The molecule has 1 aromatic rings. The van der Waals surface area contributed by atoms with Gasteiger partial charge in [-0.25, -0.2) is 0 Å². The van der Waals surface area contributed by atoms with Crippen molar-refractivity contribution in [2.24, 2.45) is 5.73 Å². The summed E-state index contributed by atoms with van der Waals surface area (Å²) in [6.07, 6.45) is 1.66. The van der Waals surface area contributed by atoms with Crippen molar-refractivity contribution < 1.29 is 14.3 Å². The maximum absolute atomic E-state index is 12.5. The summed E-state index contributed by atoms with van der Waals surface area (Å²) in [5, 5.41) is 6.81. The van der Waals surface area contributed by atoms with E-state index in [2.05, 4.69) is 22.5 Å². The number of rotatable bonds is 5. The van der Waals surface area contributed by atoms with E-state index in [-0.39, 0.29) is 5.91 Å². The van der Waals surface area contributed by atoms with Gasteiger partial charge in [0.25, 0.3) is 5.91 Å². The minimum Gasteiger partial charge on any atom is -0.376 e. The van der Waals surface area contributed by atoms with Crippen molar-refractivity contribution in [3.63, 3.8) is 0 Å². The lowest BCUT2D eigenvalue weighted by Gasteiger charge is -2.35. The monoisotopic (exact) mass is 352 g/mol. The maximum atomic E-state index is 12.5. The van der Waals surface area contributed by atoms with Crippen molar-refractivity contribution in [2.45, 2.75) is 32.4 Å². The van der Waals surface area contributed by atoms with Crippen LogP contribution in [0.3, 0.4) is 0 Å². The molecule has 8 heteroatoms. The first-order valence-electron chi connectivity index (χ1n) is 8.36. The van der Waals surface area contributed by atoms with Gasteiger partial charge in [-0.05, 0) is 18.4 Å². The molecule has 2 amide bonds. The van der Waals surface area contributed by atoms with Crippen LogP contribution in [0.4, 0.5) is 5.00 Å². The number of nitrogens with two attached hydrogens (primary N) is 1. The highest BCUT2D eigenvalue weighted by Gasteiger charge is 2.27. The summed E-state index contributed by atoms with van der Waals surface area (Å²) >= 11 is 1.40. The van der Waals surface area contributed by atoms with E-state index < -0.39 is 5.91 Å². The lowest BCUT2D eigenvalue weighted by atomic mass is 10.1. The van der Waals surface area contributed by atoms with E-state index in [1.165, 1.54) is 11.3 Å². The second-order valence-corrected chi connectivity index (χ2v) is 7.26. The zero-order chi connectivity index (χ0) is 17.1. The molecular weight excluding hydrogens is 328 g/mol. The van der Waals surface area contributed by atoms with Crippen molar-refractivity contribution in [3.8, 4) is 0 Å². The Bertz CT molecular complexity index is 631. The molecule has 1 unspecified atom stereocenters. The highest BCUT2D eigenvalue weighted by molar-refractivity contribution is 7.17. The number of amides is 2. The van der Waals surface area contributed by atoms with E-state index in [0.29, 0.717) is 42.8 Å².